The van der Waals surface area contributed by atoms with Gasteiger partial charge in [0.15, 0.2) is 5.41 Å². The molecule has 2 heterocycles. The van der Waals surface area contributed by atoms with E-state index in [0.29, 0.717) is 6.54 Å². The molecule has 1 aliphatic heterocycles. The summed E-state index contributed by atoms with van der Waals surface area (Å²) < 4.78 is 4.90. The third-order valence-electron chi connectivity index (χ3n) is 2.50. The second kappa shape index (κ2) is 4.29. The Hall–Kier alpha value is -1.93. The van der Waals surface area contributed by atoms with Gasteiger partial charge in [-0.2, -0.15) is 5.26 Å². The Labute approximate surface area is 93.1 Å². The predicted molar refractivity (Wildman–Crippen MR) is 54.9 cm³/mol. The third-order valence-corrected chi connectivity index (χ3v) is 2.50. The van der Waals surface area contributed by atoms with Crippen LogP contribution in [0.3, 0.4) is 0 Å². The topological polar surface area (TPSA) is 75.0 Å². The van der Waals surface area contributed by atoms with Gasteiger partial charge in [0.1, 0.15) is 0 Å². The van der Waals surface area contributed by atoms with Gasteiger partial charge in [0.25, 0.3) is 0 Å². The van der Waals surface area contributed by atoms with Crippen LogP contribution in [-0.2, 0) is 16.1 Å². The number of aromatic nitrogens is 1. The monoisotopic (exact) mass is 217 g/mol. The van der Waals surface area contributed by atoms with Crippen LogP contribution in [0.15, 0.2) is 24.4 Å². The van der Waals surface area contributed by atoms with E-state index in [-0.39, 0.29) is 19.1 Å². The lowest BCUT2D eigenvalue weighted by Crippen LogP contribution is -2.52. The lowest BCUT2D eigenvalue weighted by molar-refractivity contribution is -0.150. The fourth-order valence-electron chi connectivity index (χ4n) is 1.40. The number of rotatable bonds is 3. The lowest BCUT2D eigenvalue weighted by Gasteiger charge is -2.33. The van der Waals surface area contributed by atoms with Crippen molar-refractivity contribution in [3.63, 3.8) is 0 Å². The van der Waals surface area contributed by atoms with E-state index in [0.717, 1.165) is 5.69 Å². The molecule has 1 aliphatic rings. The van der Waals surface area contributed by atoms with E-state index >= 15 is 0 Å². The summed E-state index contributed by atoms with van der Waals surface area (Å²) in [4.78, 5) is 15.8. The molecule has 0 aromatic carbocycles. The van der Waals surface area contributed by atoms with Crippen molar-refractivity contribution in [3.8, 4) is 6.07 Å². The maximum absolute atomic E-state index is 11.7. The number of nitrogens with one attached hydrogen (secondary N) is 1. The van der Waals surface area contributed by atoms with Crippen LogP contribution < -0.4 is 5.32 Å². The van der Waals surface area contributed by atoms with Crippen molar-refractivity contribution in [2.45, 2.75) is 6.54 Å². The highest BCUT2D eigenvalue weighted by Crippen LogP contribution is 2.26. The van der Waals surface area contributed by atoms with Crippen LogP contribution >= 0.6 is 0 Å². The Morgan fingerprint density at radius 2 is 2.44 bits per heavy atom. The molecule has 0 aliphatic carbocycles. The van der Waals surface area contributed by atoms with Gasteiger partial charge in [0, 0.05) is 6.20 Å². The summed E-state index contributed by atoms with van der Waals surface area (Å²) in [5, 5.41) is 11.6. The van der Waals surface area contributed by atoms with E-state index in [1.165, 1.54) is 0 Å². The van der Waals surface area contributed by atoms with Gasteiger partial charge in [0.05, 0.1) is 31.5 Å². The number of carbonyl (C=O) groups excluding carboxylic acids is 1. The fraction of sp³-hybridized carbons (Fsp3) is 0.364. The van der Waals surface area contributed by atoms with Crippen molar-refractivity contribution < 1.29 is 9.53 Å². The number of ether oxygens (including phenoxy) is 1. The molecule has 16 heavy (non-hydrogen) atoms. The summed E-state index contributed by atoms with van der Waals surface area (Å²) in [5.74, 6) is -0.285. The summed E-state index contributed by atoms with van der Waals surface area (Å²) in [6.07, 6.45) is 1.66. The first-order valence-electron chi connectivity index (χ1n) is 4.94. The molecule has 0 unspecified atom stereocenters. The standard InChI is InChI=1S/C11H11N3O2/c12-6-11(7-16-8-11)10(15)14-5-9-3-1-2-4-13-9/h1-4H,5,7-8H2,(H,14,15). The molecule has 1 saturated heterocycles. The molecule has 0 spiro atoms. The van der Waals surface area contributed by atoms with Crippen LogP contribution in [0.2, 0.25) is 0 Å². The number of carbonyl (C=O) groups is 1. The van der Waals surface area contributed by atoms with E-state index in [9.17, 15) is 4.79 Å². The van der Waals surface area contributed by atoms with Crippen LogP contribution in [0.1, 0.15) is 5.69 Å². The summed E-state index contributed by atoms with van der Waals surface area (Å²) in [6.45, 7) is 0.693. The zero-order valence-electron chi connectivity index (χ0n) is 8.64. The van der Waals surface area contributed by atoms with Crippen molar-refractivity contribution in [1.29, 1.82) is 5.26 Å². The van der Waals surface area contributed by atoms with Crippen molar-refractivity contribution in [3.05, 3.63) is 30.1 Å². The van der Waals surface area contributed by atoms with Gasteiger partial charge in [0.2, 0.25) is 5.91 Å². The molecule has 1 aromatic heterocycles. The number of amides is 1. The van der Waals surface area contributed by atoms with Gasteiger partial charge in [-0.15, -0.1) is 0 Å². The quantitative estimate of drug-likeness (QED) is 0.786. The molecule has 1 aromatic rings. The van der Waals surface area contributed by atoms with Gasteiger partial charge in [-0.05, 0) is 12.1 Å². The maximum atomic E-state index is 11.7. The zero-order chi connectivity index (χ0) is 11.4. The van der Waals surface area contributed by atoms with Gasteiger partial charge in [-0.1, -0.05) is 6.07 Å². The summed E-state index contributed by atoms with van der Waals surface area (Å²) in [6, 6.07) is 7.47. The minimum atomic E-state index is -0.991. The van der Waals surface area contributed by atoms with Gasteiger partial charge >= 0.3 is 0 Å². The van der Waals surface area contributed by atoms with Crippen molar-refractivity contribution in [1.82, 2.24) is 10.3 Å². The molecule has 0 atom stereocenters. The van der Waals surface area contributed by atoms with Crippen molar-refractivity contribution in [2.75, 3.05) is 13.2 Å². The van der Waals surface area contributed by atoms with E-state index in [4.69, 9.17) is 10.00 Å². The number of nitriles is 1. The maximum Gasteiger partial charge on any atom is 0.245 e. The molecule has 5 nitrogen and oxygen atoms in total. The number of hydrogen-bond acceptors (Lipinski definition) is 4. The van der Waals surface area contributed by atoms with Gasteiger partial charge in [-0.3, -0.25) is 9.78 Å². The van der Waals surface area contributed by atoms with Crippen LogP contribution in [-0.4, -0.2) is 24.1 Å². The summed E-state index contributed by atoms with van der Waals surface area (Å²) in [7, 11) is 0. The molecular formula is C11H11N3O2. The third kappa shape index (κ3) is 1.88. The summed E-state index contributed by atoms with van der Waals surface area (Å²) >= 11 is 0. The molecule has 82 valence electrons. The molecule has 2 rings (SSSR count). The second-order valence-electron chi connectivity index (χ2n) is 3.69. The Kier molecular flexibility index (Phi) is 2.84. The first kappa shape index (κ1) is 10.6. The molecule has 0 radical (unpaired) electrons. The van der Waals surface area contributed by atoms with Crippen LogP contribution in [0, 0.1) is 16.7 Å². The van der Waals surface area contributed by atoms with E-state index in [1.807, 2.05) is 24.3 Å². The number of hydrogen-bond donors (Lipinski definition) is 1. The number of pyridine rings is 1. The highest BCUT2D eigenvalue weighted by atomic mass is 16.5. The van der Waals surface area contributed by atoms with Crippen molar-refractivity contribution >= 4 is 5.91 Å². The van der Waals surface area contributed by atoms with Gasteiger partial charge in [-0.25, -0.2) is 0 Å². The minimum Gasteiger partial charge on any atom is -0.377 e. The molecule has 1 fully saturated rings. The average molecular weight is 217 g/mol. The first-order chi connectivity index (χ1) is 7.77. The van der Waals surface area contributed by atoms with E-state index in [1.54, 1.807) is 6.20 Å². The van der Waals surface area contributed by atoms with E-state index in [2.05, 4.69) is 10.3 Å². The lowest BCUT2D eigenvalue weighted by atomic mass is 9.87. The highest BCUT2D eigenvalue weighted by molar-refractivity contribution is 5.86. The van der Waals surface area contributed by atoms with E-state index < -0.39 is 5.41 Å². The number of nitrogens with zero attached hydrogens (tertiary/aromatic N) is 2. The SMILES string of the molecule is N#CC1(C(=O)NCc2ccccn2)COC1. The molecule has 1 amide bonds. The molecular weight excluding hydrogens is 206 g/mol. The smallest absolute Gasteiger partial charge is 0.245 e. The Morgan fingerprint density at radius 1 is 1.62 bits per heavy atom. The average Bonchev–Trinajstić information content (AvgIpc) is 2.27. The fourth-order valence-corrected chi connectivity index (χ4v) is 1.40. The highest BCUT2D eigenvalue weighted by Gasteiger charge is 2.46. The predicted octanol–water partition coefficient (Wildman–Crippen LogP) is 0.238. The molecule has 0 bridgehead atoms. The van der Waals surface area contributed by atoms with Crippen molar-refractivity contribution in [2.24, 2.45) is 5.41 Å². The van der Waals surface area contributed by atoms with Crippen LogP contribution in [0.5, 0.6) is 0 Å². The Balaban J connectivity index is 1.92. The molecule has 0 saturated carbocycles. The Bertz CT molecular complexity index is 421. The molecule has 1 N–H and O–H groups in total. The van der Waals surface area contributed by atoms with Gasteiger partial charge < -0.3 is 10.1 Å². The van der Waals surface area contributed by atoms with Crippen LogP contribution in [0.4, 0.5) is 0 Å². The molecule has 5 heteroatoms. The first-order valence-corrected chi connectivity index (χ1v) is 4.94. The zero-order valence-corrected chi connectivity index (χ0v) is 8.64. The largest absolute Gasteiger partial charge is 0.377 e. The van der Waals surface area contributed by atoms with Crippen LogP contribution in [0.25, 0.3) is 0 Å². The second-order valence-corrected chi connectivity index (χ2v) is 3.69. The minimum absolute atomic E-state index is 0.178. The Morgan fingerprint density at radius 3 is 2.94 bits per heavy atom. The summed E-state index contributed by atoms with van der Waals surface area (Å²) in [5.41, 5.74) is -0.224. The normalized spacial score (nSPS) is 16.9.